The lowest BCUT2D eigenvalue weighted by atomic mass is 10.2. The number of aryl methyl sites for hydroxylation is 1. The van der Waals surface area contributed by atoms with Gasteiger partial charge in [0.2, 0.25) is 0 Å². The summed E-state index contributed by atoms with van der Waals surface area (Å²) in [6.07, 6.45) is 5.53. The molecule has 0 saturated heterocycles. The van der Waals surface area contributed by atoms with E-state index in [0.717, 1.165) is 24.2 Å². The molecule has 2 N–H and O–H groups in total. The van der Waals surface area contributed by atoms with Gasteiger partial charge in [0.25, 0.3) is 0 Å². The van der Waals surface area contributed by atoms with Crippen molar-refractivity contribution >= 4 is 5.69 Å². The Morgan fingerprint density at radius 2 is 2.25 bits per heavy atom. The third-order valence-electron chi connectivity index (χ3n) is 2.48. The molecular weight excluding hydrogens is 205 g/mol. The van der Waals surface area contributed by atoms with Gasteiger partial charge < -0.3 is 10.3 Å². The number of halogens is 1. The summed E-state index contributed by atoms with van der Waals surface area (Å²) in [7, 11) is 0. The van der Waals surface area contributed by atoms with Crippen LogP contribution < -0.4 is 5.73 Å². The minimum absolute atomic E-state index is 0.161. The van der Waals surface area contributed by atoms with E-state index in [1.165, 1.54) is 6.07 Å². The number of aromatic nitrogens is 2. The molecular formula is C12H14FN3. The molecule has 4 heteroatoms. The first-order valence-corrected chi connectivity index (χ1v) is 5.29. The first-order chi connectivity index (χ1) is 7.72. The fourth-order valence-corrected chi connectivity index (χ4v) is 1.68. The van der Waals surface area contributed by atoms with Crippen LogP contribution in [-0.4, -0.2) is 9.55 Å². The second-order valence-electron chi connectivity index (χ2n) is 3.71. The van der Waals surface area contributed by atoms with Gasteiger partial charge in [0.1, 0.15) is 5.82 Å². The fraction of sp³-hybridized carbons (Fsp3) is 0.250. The summed E-state index contributed by atoms with van der Waals surface area (Å²) in [6, 6.07) is 4.70. The highest BCUT2D eigenvalue weighted by molar-refractivity contribution is 5.49. The van der Waals surface area contributed by atoms with Crippen LogP contribution in [0.1, 0.15) is 19.0 Å². The van der Waals surface area contributed by atoms with Crippen molar-refractivity contribution < 1.29 is 4.39 Å². The van der Waals surface area contributed by atoms with E-state index >= 15 is 0 Å². The molecule has 16 heavy (non-hydrogen) atoms. The smallest absolute Gasteiger partial charge is 0.146 e. The summed E-state index contributed by atoms with van der Waals surface area (Å²) < 4.78 is 15.0. The molecule has 0 bridgehead atoms. The number of nitrogen functional groups attached to an aromatic ring is 1. The number of nitrogens with zero attached hydrogens (tertiary/aromatic N) is 2. The lowest BCUT2D eigenvalue weighted by Gasteiger charge is -2.08. The topological polar surface area (TPSA) is 43.8 Å². The molecule has 0 saturated carbocycles. The Bertz CT molecular complexity index is 491. The molecule has 0 spiro atoms. The van der Waals surface area contributed by atoms with Crippen molar-refractivity contribution in [2.45, 2.75) is 19.8 Å². The Kier molecular flexibility index (Phi) is 2.90. The lowest BCUT2D eigenvalue weighted by molar-refractivity contribution is 0.632. The molecule has 3 nitrogen and oxygen atoms in total. The monoisotopic (exact) mass is 219 g/mol. The number of hydrogen-bond acceptors (Lipinski definition) is 2. The van der Waals surface area contributed by atoms with Gasteiger partial charge in [-0.2, -0.15) is 0 Å². The first-order valence-electron chi connectivity index (χ1n) is 5.29. The molecule has 0 aliphatic rings. The Balaban J connectivity index is 2.42. The second-order valence-corrected chi connectivity index (χ2v) is 3.71. The maximum absolute atomic E-state index is 13.0. The van der Waals surface area contributed by atoms with Gasteiger partial charge in [0, 0.05) is 17.6 Å². The number of nitrogens with two attached hydrogens (primary N) is 1. The molecule has 0 unspecified atom stereocenters. The van der Waals surface area contributed by atoms with E-state index in [0.29, 0.717) is 0 Å². The maximum atomic E-state index is 13.0. The molecule has 84 valence electrons. The molecule has 0 fully saturated rings. The second kappa shape index (κ2) is 4.35. The molecule has 0 aliphatic heterocycles. The Hall–Kier alpha value is -1.84. The summed E-state index contributed by atoms with van der Waals surface area (Å²) in [5.74, 6) is -0.388. The van der Waals surface area contributed by atoms with Crippen molar-refractivity contribution in [1.29, 1.82) is 0 Å². The third-order valence-corrected chi connectivity index (χ3v) is 2.48. The number of benzene rings is 1. The summed E-state index contributed by atoms with van der Waals surface area (Å²) in [5.41, 5.74) is 7.65. The largest absolute Gasteiger partial charge is 0.396 e. The average molecular weight is 219 g/mol. The molecule has 0 aliphatic carbocycles. The van der Waals surface area contributed by atoms with Crippen molar-refractivity contribution in [3.05, 3.63) is 42.2 Å². The Labute approximate surface area is 93.7 Å². The van der Waals surface area contributed by atoms with Gasteiger partial charge in [0.15, 0.2) is 0 Å². The normalized spacial score (nSPS) is 10.6. The first kappa shape index (κ1) is 10.7. The van der Waals surface area contributed by atoms with Crippen molar-refractivity contribution in [2.75, 3.05) is 5.73 Å². The maximum Gasteiger partial charge on any atom is 0.146 e. The quantitative estimate of drug-likeness (QED) is 0.806. The predicted molar refractivity (Wildman–Crippen MR) is 61.9 cm³/mol. The van der Waals surface area contributed by atoms with Gasteiger partial charge in [-0.05, 0) is 24.6 Å². The van der Waals surface area contributed by atoms with Gasteiger partial charge in [-0.1, -0.05) is 13.3 Å². The van der Waals surface area contributed by atoms with E-state index in [2.05, 4.69) is 11.9 Å². The SMILES string of the molecule is CCCc1cncn1-c1ccc(F)c(N)c1. The highest BCUT2D eigenvalue weighted by Crippen LogP contribution is 2.18. The van der Waals surface area contributed by atoms with Crippen LogP contribution in [0.25, 0.3) is 5.69 Å². The van der Waals surface area contributed by atoms with Crippen LogP contribution in [-0.2, 0) is 6.42 Å². The zero-order valence-corrected chi connectivity index (χ0v) is 9.15. The number of imidazole rings is 1. The summed E-state index contributed by atoms with van der Waals surface area (Å²) in [4.78, 5) is 4.10. The molecule has 1 aromatic heterocycles. The molecule has 2 rings (SSSR count). The Morgan fingerprint density at radius 3 is 2.94 bits per heavy atom. The molecule has 1 aromatic carbocycles. The van der Waals surface area contributed by atoms with E-state index in [9.17, 15) is 4.39 Å². The zero-order chi connectivity index (χ0) is 11.5. The van der Waals surface area contributed by atoms with Gasteiger partial charge in [-0.15, -0.1) is 0 Å². The molecule has 1 heterocycles. The van der Waals surface area contributed by atoms with Crippen molar-refractivity contribution in [2.24, 2.45) is 0 Å². The highest BCUT2D eigenvalue weighted by atomic mass is 19.1. The van der Waals surface area contributed by atoms with Crippen molar-refractivity contribution in [3.8, 4) is 5.69 Å². The van der Waals surface area contributed by atoms with Gasteiger partial charge in [-0.3, -0.25) is 0 Å². The van der Waals surface area contributed by atoms with E-state index in [4.69, 9.17) is 5.73 Å². The number of hydrogen-bond donors (Lipinski definition) is 1. The highest BCUT2D eigenvalue weighted by Gasteiger charge is 2.05. The van der Waals surface area contributed by atoms with Crippen LogP contribution in [0.2, 0.25) is 0 Å². The van der Waals surface area contributed by atoms with E-state index in [-0.39, 0.29) is 11.5 Å². The molecule has 0 atom stereocenters. The van der Waals surface area contributed by atoms with Crippen molar-refractivity contribution in [1.82, 2.24) is 9.55 Å². The Morgan fingerprint density at radius 1 is 1.44 bits per heavy atom. The number of rotatable bonds is 3. The molecule has 0 radical (unpaired) electrons. The van der Waals surface area contributed by atoms with Gasteiger partial charge >= 0.3 is 0 Å². The number of anilines is 1. The minimum Gasteiger partial charge on any atom is -0.396 e. The molecule has 0 amide bonds. The van der Waals surface area contributed by atoms with Crippen molar-refractivity contribution in [3.63, 3.8) is 0 Å². The van der Waals surface area contributed by atoms with E-state index in [1.54, 1.807) is 18.5 Å². The zero-order valence-electron chi connectivity index (χ0n) is 9.15. The van der Waals surface area contributed by atoms with Crippen LogP contribution in [0.5, 0.6) is 0 Å². The van der Waals surface area contributed by atoms with E-state index < -0.39 is 0 Å². The minimum atomic E-state index is -0.388. The summed E-state index contributed by atoms with van der Waals surface area (Å²) in [5, 5.41) is 0. The van der Waals surface area contributed by atoms with Gasteiger partial charge in [-0.25, -0.2) is 9.37 Å². The molecule has 2 aromatic rings. The van der Waals surface area contributed by atoms with E-state index in [1.807, 2.05) is 10.8 Å². The average Bonchev–Trinajstić information content (AvgIpc) is 2.71. The summed E-state index contributed by atoms with van der Waals surface area (Å²) in [6.45, 7) is 2.11. The predicted octanol–water partition coefficient (Wildman–Crippen LogP) is 2.55. The van der Waals surface area contributed by atoms with Crippen LogP contribution >= 0.6 is 0 Å². The standard InChI is InChI=1S/C12H14FN3/c1-2-3-10-7-15-8-16(10)9-4-5-11(13)12(14)6-9/h4-8H,2-3,14H2,1H3. The van der Waals surface area contributed by atoms with Crippen LogP contribution in [0.3, 0.4) is 0 Å². The summed E-state index contributed by atoms with van der Waals surface area (Å²) >= 11 is 0. The fourth-order valence-electron chi connectivity index (χ4n) is 1.68. The lowest BCUT2D eigenvalue weighted by Crippen LogP contribution is -2.00. The third kappa shape index (κ3) is 1.91. The van der Waals surface area contributed by atoms with Crippen LogP contribution in [0.15, 0.2) is 30.7 Å². The van der Waals surface area contributed by atoms with Crippen LogP contribution in [0, 0.1) is 5.82 Å². The van der Waals surface area contributed by atoms with Gasteiger partial charge in [0.05, 0.1) is 12.0 Å². The van der Waals surface area contributed by atoms with Crippen LogP contribution in [0.4, 0.5) is 10.1 Å².